The predicted octanol–water partition coefficient (Wildman–Crippen LogP) is 1.28. The summed E-state index contributed by atoms with van der Waals surface area (Å²) in [6.45, 7) is 9.63. The second-order valence-electron chi connectivity index (χ2n) is 4.13. The van der Waals surface area contributed by atoms with Gasteiger partial charge in [0.1, 0.15) is 13.1 Å². The molecule has 0 atom stereocenters. The SMILES string of the molecule is CCOCC[N+]1(CCOC)CCCC1. The topological polar surface area (TPSA) is 18.5 Å². The summed E-state index contributed by atoms with van der Waals surface area (Å²) in [5, 5.41) is 0. The van der Waals surface area contributed by atoms with E-state index in [0.717, 1.165) is 32.9 Å². The molecule has 0 aromatic carbocycles. The lowest BCUT2D eigenvalue weighted by Gasteiger charge is -2.33. The Labute approximate surface area is 87.6 Å². The molecule has 14 heavy (non-hydrogen) atoms. The highest BCUT2D eigenvalue weighted by Crippen LogP contribution is 2.18. The van der Waals surface area contributed by atoms with Gasteiger partial charge in [-0.25, -0.2) is 0 Å². The van der Waals surface area contributed by atoms with Crippen LogP contribution in [-0.2, 0) is 9.47 Å². The Morgan fingerprint density at radius 2 is 1.71 bits per heavy atom. The molecule has 0 bridgehead atoms. The van der Waals surface area contributed by atoms with Gasteiger partial charge in [0.25, 0.3) is 0 Å². The van der Waals surface area contributed by atoms with E-state index in [-0.39, 0.29) is 0 Å². The van der Waals surface area contributed by atoms with Crippen LogP contribution in [-0.4, -0.2) is 57.6 Å². The number of rotatable bonds is 7. The van der Waals surface area contributed by atoms with Crippen molar-refractivity contribution in [3.63, 3.8) is 0 Å². The lowest BCUT2D eigenvalue weighted by atomic mass is 10.4. The number of quaternary nitrogens is 1. The fourth-order valence-corrected chi connectivity index (χ4v) is 2.25. The van der Waals surface area contributed by atoms with Gasteiger partial charge in [-0.1, -0.05) is 0 Å². The number of likely N-dealkylation sites (tertiary alicyclic amines) is 1. The Hall–Kier alpha value is -0.120. The van der Waals surface area contributed by atoms with Crippen LogP contribution in [0.15, 0.2) is 0 Å². The molecule has 0 saturated carbocycles. The molecule has 0 aliphatic carbocycles. The second kappa shape index (κ2) is 6.38. The maximum Gasteiger partial charge on any atom is 0.102 e. The third-order valence-electron chi connectivity index (χ3n) is 3.20. The fourth-order valence-electron chi connectivity index (χ4n) is 2.25. The molecule has 1 fully saturated rings. The fraction of sp³-hybridized carbons (Fsp3) is 1.00. The normalized spacial score (nSPS) is 20.1. The second-order valence-corrected chi connectivity index (χ2v) is 4.13. The van der Waals surface area contributed by atoms with Gasteiger partial charge >= 0.3 is 0 Å². The summed E-state index contributed by atoms with van der Waals surface area (Å²) < 4.78 is 11.8. The van der Waals surface area contributed by atoms with Crippen molar-refractivity contribution < 1.29 is 14.0 Å². The Balaban J connectivity index is 2.28. The van der Waals surface area contributed by atoms with Gasteiger partial charge < -0.3 is 14.0 Å². The van der Waals surface area contributed by atoms with Crippen LogP contribution in [0.4, 0.5) is 0 Å². The van der Waals surface area contributed by atoms with E-state index < -0.39 is 0 Å². The van der Waals surface area contributed by atoms with E-state index >= 15 is 0 Å². The maximum atomic E-state index is 5.44. The first-order chi connectivity index (χ1) is 6.83. The van der Waals surface area contributed by atoms with Crippen LogP contribution >= 0.6 is 0 Å². The Morgan fingerprint density at radius 3 is 2.29 bits per heavy atom. The van der Waals surface area contributed by atoms with Crippen molar-refractivity contribution in [1.29, 1.82) is 0 Å². The van der Waals surface area contributed by atoms with Gasteiger partial charge in [0.15, 0.2) is 0 Å². The minimum Gasteiger partial charge on any atom is -0.379 e. The largest absolute Gasteiger partial charge is 0.379 e. The molecule has 0 unspecified atom stereocenters. The molecule has 3 heteroatoms. The molecule has 0 aromatic rings. The summed E-state index contributed by atoms with van der Waals surface area (Å²) in [6, 6.07) is 0. The van der Waals surface area contributed by atoms with Gasteiger partial charge in [-0.15, -0.1) is 0 Å². The molecule has 0 aromatic heterocycles. The molecule has 1 rings (SSSR count). The molecular weight excluding hydrogens is 178 g/mol. The summed E-state index contributed by atoms with van der Waals surface area (Å²) in [5.74, 6) is 0. The van der Waals surface area contributed by atoms with E-state index in [2.05, 4.69) is 6.92 Å². The highest BCUT2D eigenvalue weighted by Gasteiger charge is 2.30. The van der Waals surface area contributed by atoms with Crippen molar-refractivity contribution in [3.8, 4) is 0 Å². The summed E-state index contributed by atoms with van der Waals surface area (Å²) in [4.78, 5) is 0. The zero-order chi connectivity index (χ0) is 10.3. The number of ether oxygens (including phenoxy) is 2. The molecule has 0 N–H and O–H groups in total. The smallest absolute Gasteiger partial charge is 0.102 e. The van der Waals surface area contributed by atoms with Gasteiger partial charge in [-0.05, 0) is 6.92 Å². The molecule has 0 radical (unpaired) electrons. The van der Waals surface area contributed by atoms with Crippen LogP contribution in [0, 0.1) is 0 Å². The summed E-state index contributed by atoms with van der Waals surface area (Å²) in [5.41, 5.74) is 0. The Bertz CT molecular complexity index is 144. The van der Waals surface area contributed by atoms with Crippen molar-refractivity contribution in [2.75, 3.05) is 53.1 Å². The number of hydrogen-bond donors (Lipinski definition) is 0. The quantitative estimate of drug-likeness (QED) is 0.457. The Kier molecular flexibility index (Phi) is 5.45. The molecule has 3 nitrogen and oxygen atoms in total. The highest BCUT2D eigenvalue weighted by atomic mass is 16.5. The van der Waals surface area contributed by atoms with Gasteiger partial charge in [0, 0.05) is 26.6 Å². The Morgan fingerprint density at radius 1 is 1.07 bits per heavy atom. The molecule has 1 saturated heterocycles. The number of nitrogens with zero attached hydrogens (tertiary/aromatic N) is 1. The van der Waals surface area contributed by atoms with Crippen LogP contribution in [0.2, 0.25) is 0 Å². The van der Waals surface area contributed by atoms with Crippen molar-refractivity contribution in [2.45, 2.75) is 19.8 Å². The summed E-state index contributed by atoms with van der Waals surface area (Å²) in [7, 11) is 1.79. The van der Waals surface area contributed by atoms with E-state index in [4.69, 9.17) is 9.47 Å². The van der Waals surface area contributed by atoms with Crippen molar-refractivity contribution >= 4 is 0 Å². The molecule has 84 valence electrons. The van der Waals surface area contributed by atoms with Gasteiger partial charge in [-0.2, -0.15) is 0 Å². The van der Waals surface area contributed by atoms with Crippen LogP contribution in [0.1, 0.15) is 19.8 Å². The molecule has 1 heterocycles. The first-order valence-electron chi connectivity index (χ1n) is 5.75. The lowest BCUT2D eigenvalue weighted by Crippen LogP contribution is -2.49. The first-order valence-corrected chi connectivity index (χ1v) is 5.75. The minimum atomic E-state index is 0.838. The molecule has 1 aliphatic heterocycles. The average Bonchev–Trinajstić information content (AvgIpc) is 2.65. The van der Waals surface area contributed by atoms with Crippen LogP contribution in [0.5, 0.6) is 0 Å². The van der Waals surface area contributed by atoms with Crippen LogP contribution in [0.25, 0.3) is 0 Å². The van der Waals surface area contributed by atoms with Gasteiger partial charge in [-0.3, -0.25) is 0 Å². The molecule has 0 spiro atoms. The van der Waals surface area contributed by atoms with E-state index in [9.17, 15) is 0 Å². The minimum absolute atomic E-state index is 0.838. The monoisotopic (exact) mass is 202 g/mol. The van der Waals surface area contributed by atoms with E-state index in [1.54, 1.807) is 7.11 Å². The predicted molar refractivity (Wildman–Crippen MR) is 57.3 cm³/mol. The van der Waals surface area contributed by atoms with E-state index in [1.165, 1.54) is 30.4 Å². The third kappa shape index (κ3) is 3.56. The maximum absolute atomic E-state index is 5.44. The van der Waals surface area contributed by atoms with E-state index in [1.807, 2.05) is 0 Å². The van der Waals surface area contributed by atoms with Gasteiger partial charge in [0.2, 0.25) is 0 Å². The zero-order valence-corrected chi connectivity index (χ0v) is 9.63. The molecule has 0 amide bonds. The van der Waals surface area contributed by atoms with Crippen molar-refractivity contribution in [3.05, 3.63) is 0 Å². The van der Waals surface area contributed by atoms with E-state index in [0.29, 0.717) is 0 Å². The molecular formula is C11H24NO2+. The zero-order valence-electron chi connectivity index (χ0n) is 9.63. The lowest BCUT2D eigenvalue weighted by molar-refractivity contribution is -0.917. The van der Waals surface area contributed by atoms with Gasteiger partial charge in [0.05, 0.1) is 26.3 Å². The van der Waals surface area contributed by atoms with Crippen LogP contribution in [0.3, 0.4) is 0 Å². The van der Waals surface area contributed by atoms with Crippen molar-refractivity contribution in [1.82, 2.24) is 0 Å². The first kappa shape index (κ1) is 12.0. The standard InChI is InChI=1S/C11H24NO2/c1-3-14-11-9-12(8-10-13-2)6-4-5-7-12/h3-11H2,1-2H3/q+1. The van der Waals surface area contributed by atoms with Crippen LogP contribution < -0.4 is 0 Å². The van der Waals surface area contributed by atoms with Crippen molar-refractivity contribution in [2.24, 2.45) is 0 Å². The molecule has 1 aliphatic rings. The summed E-state index contributed by atoms with van der Waals surface area (Å²) in [6.07, 6.45) is 2.74. The number of methoxy groups -OCH3 is 1. The highest BCUT2D eigenvalue weighted by molar-refractivity contribution is 4.55. The summed E-state index contributed by atoms with van der Waals surface area (Å²) >= 11 is 0. The third-order valence-corrected chi connectivity index (χ3v) is 3.20. The number of hydrogen-bond acceptors (Lipinski definition) is 2. The average molecular weight is 202 g/mol.